The van der Waals surface area contributed by atoms with Crippen LogP contribution >= 0.6 is 0 Å². The molecule has 0 spiro atoms. The first-order valence-electron chi connectivity index (χ1n) is 9.91. The molecule has 1 aliphatic heterocycles. The van der Waals surface area contributed by atoms with Gasteiger partial charge in [-0.15, -0.1) is 0 Å². The lowest BCUT2D eigenvalue weighted by Crippen LogP contribution is -2.58. The van der Waals surface area contributed by atoms with E-state index in [0.717, 1.165) is 25.2 Å². The number of rotatable bonds is 5. The molecule has 30 heavy (non-hydrogen) atoms. The van der Waals surface area contributed by atoms with Gasteiger partial charge in [-0.3, -0.25) is 4.90 Å². The number of carboxylic acid groups (broad SMARTS) is 1. The third-order valence-electron chi connectivity index (χ3n) is 6.10. The zero-order valence-corrected chi connectivity index (χ0v) is 17.7. The highest BCUT2D eigenvalue weighted by Crippen LogP contribution is 2.37. The second-order valence-corrected chi connectivity index (χ2v) is 10.0. The summed E-state index contributed by atoms with van der Waals surface area (Å²) in [6.45, 7) is 2.17. The molecule has 0 bridgehead atoms. The predicted molar refractivity (Wildman–Crippen MR) is 106 cm³/mol. The Morgan fingerprint density at radius 1 is 1.30 bits per heavy atom. The number of nitrogens with zero attached hydrogens (tertiary/aromatic N) is 3. The lowest BCUT2D eigenvalue weighted by Gasteiger charge is -2.46. The Morgan fingerprint density at radius 3 is 2.43 bits per heavy atom. The fourth-order valence-corrected chi connectivity index (χ4v) is 4.82. The van der Waals surface area contributed by atoms with E-state index in [1.54, 1.807) is 0 Å². The van der Waals surface area contributed by atoms with Crippen molar-refractivity contribution in [3.8, 4) is 11.8 Å². The van der Waals surface area contributed by atoms with Crippen molar-refractivity contribution >= 4 is 15.9 Å². The molecule has 1 saturated carbocycles. The van der Waals surface area contributed by atoms with Gasteiger partial charge in [-0.25, -0.2) is 17.6 Å². The van der Waals surface area contributed by atoms with E-state index in [9.17, 15) is 22.9 Å². The Balaban J connectivity index is 1.54. The summed E-state index contributed by atoms with van der Waals surface area (Å²) < 4.78 is 42.8. The number of halogens is 1. The molecule has 10 heteroatoms. The molecule has 2 fully saturated rings. The number of nitriles is 1. The Kier molecular flexibility index (Phi) is 6.53. The average Bonchev–Trinajstić information content (AvgIpc) is 2.72. The van der Waals surface area contributed by atoms with Gasteiger partial charge in [0.1, 0.15) is 5.54 Å². The summed E-state index contributed by atoms with van der Waals surface area (Å²) in [6, 6.07) is 6.07. The molecular formula is C20H26FN3O5S. The second-order valence-electron chi connectivity index (χ2n) is 8.02. The van der Waals surface area contributed by atoms with Gasteiger partial charge in [0.15, 0.2) is 21.4 Å². The van der Waals surface area contributed by atoms with Crippen LogP contribution in [-0.2, 0) is 9.84 Å². The monoisotopic (exact) mass is 439 g/mol. The minimum absolute atomic E-state index is 0.0179. The first-order chi connectivity index (χ1) is 14.1. The molecule has 164 valence electrons. The van der Waals surface area contributed by atoms with E-state index in [1.165, 1.54) is 17.0 Å². The second kappa shape index (κ2) is 8.78. The molecule has 1 aliphatic carbocycles. The summed E-state index contributed by atoms with van der Waals surface area (Å²) in [4.78, 5) is 14.4. The molecule has 2 aliphatic rings. The first kappa shape index (κ1) is 22.3. The fourth-order valence-electron chi connectivity index (χ4n) is 4.18. The quantitative estimate of drug-likeness (QED) is 0.750. The molecule has 1 aromatic carbocycles. The van der Waals surface area contributed by atoms with E-state index in [-0.39, 0.29) is 16.6 Å². The van der Waals surface area contributed by atoms with E-state index in [0.29, 0.717) is 45.6 Å². The average molecular weight is 440 g/mol. The van der Waals surface area contributed by atoms with Crippen molar-refractivity contribution in [2.24, 2.45) is 5.92 Å². The van der Waals surface area contributed by atoms with E-state index < -0.39 is 27.3 Å². The molecule has 0 radical (unpaired) electrons. The summed E-state index contributed by atoms with van der Waals surface area (Å²) in [7, 11) is -3.48. The minimum Gasteiger partial charge on any atom is -0.490 e. The molecule has 1 amide bonds. The largest absolute Gasteiger partial charge is 0.490 e. The first-order valence-corrected chi connectivity index (χ1v) is 11.8. The predicted octanol–water partition coefficient (Wildman–Crippen LogP) is 2.36. The Morgan fingerprint density at radius 2 is 1.93 bits per heavy atom. The van der Waals surface area contributed by atoms with Crippen LogP contribution < -0.4 is 4.74 Å². The van der Waals surface area contributed by atoms with Gasteiger partial charge in [0.2, 0.25) is 0 Å². The van der Waals surface area contributed by atoms with Crippen molar-refractivity contribution < 1.29 is 27.4 Å². The van der Waals surface area contributed by atoms with Crippen LogP contribution in [0.15, 0.2) is 23.1 Å². The summed E-state index contributed by atoms with van der Waals surface area (Å²) in [5.74, 6) is -0.526. The van der Waals surface area contributed by atoms with E-state index in [2.05, 4.69) is 11.0 Å². The Bertz CT molecular complexity index is 930. The smallest absolute Gasteiger partial charge is 0.407 e. The molecule has 0 unspecified atom stereocenters. The van der Waals surface area contributed by atoms with Crippen molar-refractivity contribution in [3.63, 3.8) is 0 Å². The van der Waals surface area contributed by atoms with Crippen LogP contribution in [0.2, 0.25) is 0 Å². The molecule has 0 aromatic heterocycles. The van der Waals surface area contributed by atoms with Crippen LogP contribution in [0.1, 0.15) is 25.7 Å². The van der Waals surface area contributed by atoms with Gasteiger partial charge in [-0.2, -0.15) is 5.26 Å². The SMILES string of the molecule is CS(=O)(=O)c1ccc(OCC2CCC(C#N)(N3CCN(C(=O)O)CC3)CC2)c(F)c1. The van der Waals surface area contributed by atoms with Crippen LogP contribution in [0.3, 0.4) is 0 Å². The number of piperazine rings is 1. The highest BCUT2D eigenvalue weighted by atomic mass is 32.2. The van der Waals surface area contributed by atoms with Gasteiger partial charge in [0.25, 0.3) is 0 Å². The summed E-state index contributed by atoms with van der Waals surface area (Å²) in [5.41, 5.74) is -0.594. The van der Waals surface area contributed by atoms with Crippen molar-refractivity contribution in [3.05, 3.63) is 24.0 Å². The molecule has 8 nitrogen and oxygen atoms in total. The van der Waals surface area contributed by atoms with Gasteiger partial charge >= 0.3 is 6.09 Å². The van der Waals surface area contributed by atoms with Crippen molar-refractivity contribution in [1.29, 1.82) is 5.26 Å². The molecule has 1 N–H and O–H groups in total. The maximum atomic E-state index is 14.2. The van der Waals surface area contributed by atoms with Crippen LogP contribution in [0.4, 0.5) is 9.18 Å². The molecular weight excluding hydrogens is 413 g/mol. The van der Waals surface area contributed by atoms with Gasteiger partial charge in [0.05, 0.1) is 17.6 Å². The molecule has 1 aromatic rings. The van der Waals surface area contributed by atoms with E-state index in [4.69, 9.17) is 9.84 Å². The van der Waals surface area contributed by atoms with Crippen molar-refractivity contribution in [2.75, 3.05) is 39.0 Å². The number of amides is 1. The number of carbonyl (C=O) groups is 1. The van der Waals surface area contributed by atoms with E-state index in [1.807, 2.05) is 0 Å². The minimum atomic E-state index is -3.48. The van der Waals surface area contributed by atoms with Gasteiger partial charge in [-0.05, 0) is 49.8 Å². The standard InChI is InChI=1S/C20H26FN3O5S/c1-30(27,28)16-2-3-18(17(21)12-16)29-13-15-4-6-20(14-22,7-5-15)24-10-8-23(9-11-24)19(25)26/h2-3,12,15H,4-11,13H2,1H3,(H,25,26). The number of benzene rings is 1. The van der Waals surface area contributed by atoms with E-state index >= 15 is 0 Å². The van der Waals surface area contributed by atoms with Crippen LogP contribution in [0, 0.1) is 23.1 Å². The van der Waals surface area contributed by atoms with Gasteiger partial charge in [-0.1, -0.05) is 0 Å². The summed E-state index contributed by atoms with van der Waals surface area (Å²) >= 11 is 0. The molecule has 1 saturated heterocycles. The Hall–Kier alpha value is -2.38. The lowest BCUT2D eigenvalue weighted by atomic mass is 9.76. The summed E-state index contributed by atoms with van der Waals surface area (Å²) in [5, 5.41) is 18.9. The maximum Gasteiger partial charge on any atom is 0.407 e. The molecule has 0 atom stereocenters. The van der Waals surface area contributed by atoms with Crippen LogP contribution in [0.5, 0.6) is 5.75 Å². The zero-order chi connectivity index (χ0) is 21.9. The maximum absolute atomic E-state index is 14.2. The number of ether oxygens (including phenoxy) is 1. The molecule has 3 rings (SSSR count). The zero-order valence-electron chi connectivity index (χ0n) is 16.9. The third kappa shape index (κ3) is 4.84. The van der Waals surface area contributed by atoms with Crippen molar-refractivity contribution in [2.45, 2.75) is 36.1 Å². The normalized spacial score (nSPS) is 25.5. The lowest BCUT2D eigenvalue weighted by molar-refractivity contribution is 0.0283. The van der Waals surface area contributed by atoms with Crippen LogP contribution in [0.25, 0.3) is 0 Å². The van der Waals surface area contributed by atoms with Crippen LogP contribution in [-0.4, -0.2) is 74.0 Å². The number of sulfone groups is 1. The van der Waals surface area contributed by atoms with Gasteiger partial charge in [0, 0.05) is 32.4 Å². The fraction of sp³-hybridized carbons (Fsp3) is 0.600. The number of hydrogen-bond acceptors (Lipinski definition) is 6. The van der Waals surface area contributed by atoms with Gasteiger partial charge < -0.3 is 14.7 Å². The van der Waals surface area contributed by atoms with Crippen molar-refractivity contribution in [1.82, 2.24) is 9.80 Å². The summed E-state index contributed by atoms with van der Waals surface area (Å²) in [6.07, 6.45) is 2.89. The highest BCUT2D eigenvalue weighted by Gasteiger charge is 2.42. The third-order valence-corrected chi connectivity index (χ3v) is 7.21. The highest BCUT2D eigenvalue weighted by molar-refractivity contribution is 7.90. The molecule has 1 heterocycles. The topological polar surface area (TPSA) is 111 Å². The number of hydrogen-bond donors (Lipinski definition) is 1. The Labute approximate surface area is 175 Å².